The molecule has 3 aromatic rings. The molecular weight excluding hydrogens is 466 g/mol. The average molecular weight is 494 g/mol. The van der Waals surface area contributed by atoms with Crippen molar-refractivity contribution in [3.05, 3.63) is 96.3 Å². The normalized spacial score (nSPS) is 19.6. The van der Waals surface area contributed by atoms with Crippen LogP contribution in [0.15, 0.2) is 84.8 Å². The predicted octanol–water partition coefficient (Wildman–Crippen LogP) is 5.04. The van der Waals surface area contributed by atoms with Crippen LogP contribution in [0.1, 0.15) is 35.5 Å². The Bertz CT molecular complexity index is 1100. The summed E-state index contributed by atoms with van der Waals surface area (Å²) in [6, 6.07) is 16.8. The molecular formula is C26H27N3O5S. The summed E-state index contributed by atoms with van der Waals surface area (Å²) >= 11 is 1.54. The van der Waals surface area contributed by atoms with Crippen LogP contribution in [0.25, 0.3) is 0 Å². The molecule has 9 heteroatoms. The summed E-state index contributed by atoms with van der Waals surface area (Å²) < 4.78 is 17.6. The molecule has 0 radical (unpaired) electrons. The van der Waals surface area contributed by atoms with E-state index in [0.29, 0.717) is 23.0 Å². The average Bonchev–Trinajstić information content (AvgIpc) is 2.91. The highest BCUT2D eigenvalue weighted by Gasteiger charge is 2.32. The molecule has 2 aromatic carbocycles. The fourth-order valence-corrected chi connectivity index (χ4v) is 4.38. The Morgan fingerprint density at radius 3 is 2.51 bits per heavy atom. The lowest BCUT2D eigenvalue weighted by Gasteiger charge is -2.36. The Kier molecular flexibility index (Phi) is 8.85. The predicted molar refractivity (Wildman–Crippen MR) is 133 cm³/mol. The summed E-state index contributed by atoms with van der Waals surface area (Å²) in [6.07, 6.45) is 4.20. The Morgan fingerprint density at radius 2 is 1.83 bits per heavy atom. The largest absolute Gasteiger partial charge is 0.445 e. The Hall–Kier alpha value is -3.24. The van der Waals surface area contributed by atoms with Crippen molar-refractivity contribution in [1.29, 1.82) is 0 Å². The number of amides is 1. The van der Waals surface area contributed by atoms with Crippen LogP contribution in [-0.2, 0) is 20.8 Å². The first-order valence-corrected chi connectivity index (χ1v) is 12.2. The number of aromatic nitrogens is 2. The summed E-state index contributed by atoms with van der Waals surface area (Å²) in [5, 5.41) is 12.7. The number of carbonyl (C=O) groups excluding carboxylic acids is 1. The number of anilines is 1. The number of thioether (sulfide) groups is 1. The number of benzene rings is 2. The lowest BCUT2D eigenvalue weighted by atomic mass is 10.0. The first kappa shape index (κ1) is 24.9. The van der Waals surface area contributed by atoms with E-state index >= 15 is 0 Å². The molecule has 2 heterocycles. The van der Waals surface area contributed by atoms with E-state index < -0.39 is 12.4 Å². The molecule has 0 aliphatic carbocycles. The summed E-state index contributed by atoms with van der Waals surface area (Å²) in [5.41, 5.74) is 3.30. The standard InChI is InChI=1S/C26H27N3O5S/c1-2-14-32-26(31)29-21-10-8-20(9-11-21)24-33-22(17-35-25-27-12-3-13-28-25)15-23(34-24)19-6-4-18(16-30)5-7-19/h2-13,22-24,30H,1,14-17H2,(H,29,31). The monoisotopic (exact) mass is 493 g/mol. The number of aliphatic hydroxyl groups is 1. The van der Waals surface area contributed by atoms with Gasteiger partial charge in [-0.25, -0.2) is 14.8 Å². The smallest absolute Gasteiger partial charge is 0.411 e. The Balaban J connectivity index is 1.47. The van der Waals surface area contributed by atoms with Crippen LogP contribution in [-0.4, -0.2) is 39.6 Å². The molecule has 35 heavy (non-hydrogen) atoms. The number of hydrogen-bond donors (Lipinski definition) is 2. The van der Waals surface area contributed by atoms with Gasteiger partial charge in [-0.2, -0.15) is 0 Å². The van der Waals surface area contributed by atoms with Crippen molar-refractivity contribution in [3.63, 3.8) is 0 Å². The van der Waals surface area contributed by atoms with Gasteiger partial charge in [0.2, 0.25) is 0 Å². The van der Waals surface area contributed by atoms with E-state index in [1.165, 1.54) is 17.8 Å². The molecule has 3 unspecified atom stereocenters. The van der Waals surface area contributed by atoms with Crippen LogP contribution < -0.4 is 5.32 Å². The Labute approximate surface area is 208 Å². The number of nitrogens with zero attached hydrogens (tertiary/aromatic N) is 2. The molecule has 0 spiro atoms. The van der Waals surface area contributed by atoms with Gasteiger partial charge in [-0.1, -0.05) is 60.8 Å². The van der Waals surface area contributed by atoms with E-state index in [0.717, 1.165) is 16.7 Å². The van der Waals surface area contributed by atoms with Crippen LogP contribution in [0, 0.1) is 0 Å². The zero-order valence-corrected chi connectivity index (χ0v) is 19.9. The van der Waals surface area contributed by atoms with Crippen LogP contribution in [0.2, 0.25) is 0 Å². The maximum absolute atomic E-state index is 11.8. The minimum Gasteiger partial charge on any atom is -0.445 e. The second-order valence-corrected chi connectivity index (χ2v) is 8.81. The van der Waals surface area contributed by atoms with E-state index in [4.69, 9.17) is 14.2 Å². The molecule has 1 aliphatic rings. The highest BCUT2D eigenvalue weighted by molar-refractivity contribution is 7.99. The second kappa shape index (κ2) is 12.5. The van der Waals surface area contributed by atoms with Crippen molar-refractivity contribution in [2.24, 2.45) is 0 Å². The van der Waals surface area contributed by atoms with Gasteiger partial charge < -0.3 is 19.3 Å². The number of rotatable bonds is 9. The fourth-order valence-electron chi connectivity index (χ4n) is 3.56. The van der Waals surface area contributed by atoms with Gasteiger partial charge in [-0.15, -0.1) is 0 Å². The van der Waals surface area contributed by atoms with Crippen LogP contribution in [0.4, 0.5) is 10.5 Å². The minimum atomic E-state index is -0.588. The highest BCUT2D eigenvalue weighted by Crippen LogP contribution is 2.39. The highest BCUT2D eigenvalue weighted by atomic mass is 32.2. The summed E-state index contributed by atoms with van der Waals surface area (Å²) in [5.74, 6) is 0.671. The first-order chi connectivity index (χ1) is 17.1. The third-order valence-corrected chi connectivity index (χ3v) is 6.32. The van der Waals surface area contributed by atoms with Crippen LogP contribution >= 0.6 is 11.8 Å². The maximum Gasteiger partial charge on any atom is 0.411 e. The molecule has 1 fully saturated rings. The fraction of sp³-hybridized carbons (Fsp3) is 0.269. The molecule has 182 valence electrons. The van der Waals surface area contributed by atoms with Crippen molar-refractivity contribution in [3.8, 4) is 0 Å². The molecule has 3 atom stereocenters. The minimum absolute atomic E-state index is 0.00457. The van der Waals surface area contributed by atoms with E-state index in [1.807, 2.05) is 36.4 Å². The quantitative estimate of drug-likeness (QED) is 0.243. The van der Waals surface area contributed by atoms with E-state index in [2.05, 4.69) is 21.9 Å². The zero-order chi connectivity index (χ0) is 24.5. The number of hydrogen-bond acceptors (Lipinski definition) is 8. The number of carbonyl (C=O) groups is 1. The molecule has 1 amide bonds. The van der Waals surface area contributed by atoms with E-state index in [-0.39, 0.29) is 25.4 Å². The van der Waals surface area contributed by atoms with Crippen LogP contribution in [0.5, 0.6) is 0 Å². The SMILES string of the molecule is C=CCOC(=O)Nc1ccc(C2OC(CSc3ncccn3)CC(c3ccc(CO)cc3)O2)cc1. The first-order valence-electron chi connectivity index (χ1n) is 11.2. The summed E-state index contributed by atoms with van der Waals surface area (Å²) in [4.78, 5) is 20.3. The molecule has 0 bridgehead atoms. The van der Waals surface area contributed by atoms with Gasteiger partial charge >= 0.3 is 6.09 Å². The van der Waals surface area contributed by atoms with E-state index in [1.54, 1.807) is 30.6 Å². The third-order valence-electron chi connectivity index (χ3n) is 5.32. The van der Waals surface area contributed by atoms with Gasteiger partial charge in [0.1, 0.15) is 6.61 Å². The molecule has 1 aromatic heterocycles. The molecule has 1 aliphatic heterocycles. The molecule has 0 saturated carbocycles. The van der Waals surface area contributed by atoms with Crippen molar-refractivity contribution < 1.29 is 24.1 Å². The van der Waals surface area contributed by atoms with E-state index in [9.17, 15) is 9.90 Å². The van der Waals surface area contributed by atoms with Gasteiger partial charge in [0.05, 0.1) is 18.8 Å². The molecule has 2 N–H and O–H groups in total. The number of aliphatic hydroxyl groups excluding tert-OH is 1. The van der Waals surface area contributed by atoms with Gasteiger partial charge in [-0.3, -0.25) is 5.32 Å². The van der Waals surface area contributed by atoms with Gasteiger partial charge in [-0.05, 0) is 29.3 Å². The lowest BCUT2D eigenvalue weighted by Crippen LogP contribution is -2.31. The van der Waals surface area contributed by atoms with Gasteiger partial charge in [0.25, 0.3) is 0 Å². The lowest BCUT2D eigenvalue weighted by molar-refractivity contribution is -0.245. The van der Waals surface area contributed by atoms with Gasteiger partial charge in [0.15, 0.2) is 11.4 Å². The molecule has 4 rings (SSSR count). The topological polar surface area (TPSA) is 103 Å². The number of nitrogens with one attached hydrogen (secondary N) is 1. The summed E-state index contributed by atoms with van der Waals surface area (Å²) in [7, 11) is 0. The van der Waals surface area contributed by atoms with Gasteiger partial charge in [0, 0.05) is 35.8 Å². The second-order valence-electron chi connectivity index (χ2n) is 7.83. The van der Waals surface area contributed by atoms with Crippen LogP contribution in [0.3, 0.4) is 0 Å². The maximum atomic E-state index is 11.8. The zero-order valence-electron chi connectivity index (χ0n) is 19.1. The van der Waals surface area contributed by atoms with Crippen molar-refractivity contribution in [1.82, 2.24) is 9.97 Å². The van der Waals surface area contributed by atoms with Crippen molar-refractivity contribution in [2.45, 2.75) is 36.7 Å². The third kappa shape index (κ3) is 7.12. The summed E-state index contributed by atoms with van der Waals surface area (Å²) in [6.45, 7) is 3.66. The molecule has 8 nitrogen and oxygen atoms in total. The Morgan fingerprint density at radius 1 is 1.11 bits per heavy atom. The number of ether oxygens (including phenoxy) is 3. The van der Waals surface area contributed by atoms with Crippen molar-refractivity contribution >= 4 is 23.5 Å². The van der Waals surface area contributed by atoms with Crippen molar-refractivity contribution in [2.75, 3.05) is 17.7 Å². The molecule has 1 saturated heterocycles.